The van der Waals surface area contributed by atoms with E-state index in [2.05, 4.69) is 0 Å². The molecule has 9 heteroatoms. The van der Waals surface area contributed by atoms with Gasteiger partial charge in [0.2, 0.25) is 0 Å². The van der Waals surface area contributed by atoms with Gasteiger partial charge in [-0.25, -0.2) is 0 Å². The van der Waals surface area contributed by atoms with Crippen molar-refractivity contribution in [1.82, 2.24) is 0 Å². The minimum atomic E-state index is -1.75. The first-order valence-electron chi connectivity index (χ1n) is 0.943. The van der Waals surface area contributed by atoms with Crippen LogP contribution >= 0.6 is 0 Å². The molecule has 0 saturated carbocycles. The standard InChI is InChI=1S/2Al.Ca.2H2O.4O/h;;;2*1H2;;;;/q;;+2;;;;;2*-1. The van der Waals surface area contributed by atoms with Crippen molar-refractivity contribution in [3.63, 3.8) is 0 Å². The molecular weight excluding hydrogens is 190 g/mol. The summed E-state index contributed by atoms with van der Waals surface area (Å²) in [4.78, 5) is 0. The molecule has 0 atom stereocenters. The molecule has 0 amide bonds. The zero-order chi connectivity index (χ0) is 5.41. The predicted molar refractivity (Wildman–Crippen MR) is 25.9 cm³/mol. The Morgan fingerprint density at radius 2 is 0.889 bits per heavy atom. The van der Waals surface area contributed by atoms with Crippen LogP contribution in [0.25, 0.3) is 0 Å². The molecule has 0 aromatic heterocycles. The van der Waals surface area contributed by atoms with Crippen LogP contribution in [0.15, 0.2) is 0 Å². The van der Waals surface area contributed by atoms with E-state index in [1.807, 2.05) is 0 Å². The summed E-state index contributed by atoms with van der Waals surface area (Å²) in [6.45, 7) is 0. The van der Waals surface area contributed by atoms with Gasteiger partial charge in [0.25, 0.3) is 0 Å². The second-order valence-electron chi connectivity index (χ2n) is 0.192. The molecule has 0 aliphatic carbocycles. The van der Waals surface area contributed by atoms with E-state index >= 15 is 0 Å². The molecule has 0 aliphatic rings. The first kappa shape index (κ1) is 31.4. The molecular formula is H4Al2CaO6. The van der Waals surface area contributed by atoms with Gasteiger partial charge in [-0.3, -0.25) is 0 Å². The fourth-order valence-corrected chi connectivity index (χ4v) is 0. The van der Waals surface area contributed by atoms with Crippen molar-refractivity contribution in [3.05, 3.63) is 0 Å². The van der Waals surface area contributed by atoms with E-state index in [-0.39, 0.29) is 48.7 Å². The Kier molecular flexibility index (Phi) is 198. The summed E-state index contributed by atoms with van der Waals surface area (Å²) < 4.78 is 33.8. The summed E-state index contributed by atoms with van der Waals surface area (Å²) in [5.74, 6) is 0. The molecule has 0 aromatic rings. The van der Waals surface area contributed by atoms with Crippen LogP contribution in [0.2, 0.25) is 0 Å². The Hall–Kier alpha value is 1.44. The second-order valence-corrected chi connectivity index (χ2v) is 0.577. The Morgan fingerprint density at radius 3 is 0.889 bits per heavy atom. The van der Waals surface area contributed by atoms with Crippen LogP contribution in [-0.4, -0.2) is 79.7 Å². The Labute approximate surface area is 94.4 Å². The van der Waals surface area contributed by atoms with Crippen LogP contribution in [0.5, 0.6) is 0 Å². The summed E-state index contributed by atoms with van der Waals surface area (Å²) in [5.41, 5.74) is 0. The third kappa shape index (κ3) is 251. The Morgan fingerprint density at radius 1 is 0.889 bits per heavy atom. The van der Waals surface area contributed by atoms with Gasteiger partial charge in [0.1, 0.15) is 0 Å². The average molecular weight is 194 g/mol. The maximum atomic E-state index is 8.46. The van der Waals surface area contributed by atoms with Crippen LogP contribution in [0.4, 0.5) is 0 Å². The van der Waals surface area contributed by atoms with E-state index in [9.17, 15) is 0 Å². The normalized spacial score (nSPS) is 1.78. The fraction of sp³-hybridized carbons (Fsp3) is 0. The number of rotatable bonds is 0. The summed E-state index contributed by atoms with van der Waals surface area (Å²) in [5, 5.41) is 0. The van der Waals surface area contributed by atoms with Gasteiger partial charge in [0.15, 0.2) is 0 Å². The molecule has 0 aromatic carbocycles. The third-order valence-electron chi connectivity index (χ3n) is 0. The van der Waals surface area contributed by atoms with Crippen LogP contribution in [-0.2, 0) is 7.61 Å². The van der Waals surface area contributed by atoms with E-state index in [4.69, 9.17) is 15.9 Å². The van der Waals surface area contributed by atoms with Gasteiger partial charge in [0.05, 0.1) is 0 Å². The van der Waals surface area contributed by atoms with Crippen molar-refractivity contribution in [3.8, 4) is 0 Å². The molecule has 0 saturated heterocycles. The van der Waals surface area contributed by atoms with Crippen LogP contribution in [0, 0.1) is 0 Å². The topological polar surface area (TPSA) is 143 Å². The third-order valence-corrected chi connectivity index (χ3v) is 0. The summed E-state index contributed by atoms with van der Waals surface area (Å²) in [6, 6.07) is 0. The van der Waals surface area contributed by atoms with Gasteiger partial charge >= 0.3 is 84.6 Å². The van der Waals surface area contributed by atoms with E-state index in [1.165, 1.54) is 0 Å². The monoisotopic (exact) mass is 194 g/mol. The van der Waals surface area contributed by atoms with Gasteiger partial charge < -0.3 is 11.0 Å². The van der Waals surface area contributed by atoms with E-state index in [0.29, 0.717) is 0 Å². The van der Waals surface area contributed by atoms with Crippen molar-refractivity contribution in [2.45, 2.75) is 0 Å². The van der Waals surface area contributed by atoms with Crippen LogP contribution < -0.4 is 8.32 Å². The zero-order valence-corrected chi connectivity index (χ0v) is 9.01. The molecule has 0 fully saturated rings. The van der Waals surface area contributed by atoms with Crippen molar-refractivity contribution in [1.29, 1.82) is 0 Å². The molecule has 6 nitrogen and oxygen atoms in total. The molecule has 9 heavy (non-hydrogen) atoms. The predicted octanol–water partition coefficient (Wildman–Crippen LogP) is -5.41. The van der Waals surface area contributed by atoms with Gasteiger partial charge in [-0.15, -0.1) is 0 Å². The molecule has 0 spiro atoms. The number of hydrogen-bond donors (Lipinski definition) is 0. The molecule has 0 heterocycles. The second kappa shape index (κ2) is 56.8. The SMILES string of the molecule is O.O.[Ca+2].[O]=[Al][O-].[O]=[Al][O-]. The van der Waals surface area contributed by atoms with Gasteiger partial charge in [-0.2, -0.15) is 0 Å². The van der Waals surface area contributed by atoms with Crippen molar-refractivity contribution < 1.29 is 26.9 Å². The maximum absolute atomic E-state index is 8.46. The fourth-order valence-electron chi connectivity index (χ4n) is 0. The Balaban J connectivity index is -0.00000000889. The summed E-state index contributed by atoms with van der Waals surface area (Å²) in [7, 11) is 0. The first-order valence-corrected chi connectivity index (χ1v) is 2.83. The molecule has 0 radical (unpaired) electrons. The van der Waals surface area contributed by atoms with Gasteiger partial charge in [-0.05, 0) is 0 Å². The zero-order valence-electron chi connectivity index (χ0n) is 4.49. The van der Waals surface area contributed by atoms with Crippen LogP contribution in [0.1, 0.15) is 0 Å². The molecule has 0 aliphatic heterocycles. The van der Waals surface area contributed by atoms with Gasteiger partial charge in [-0.1, -0.05) is 0 Å². The van der Waals surface area contributed by atoms with E-state index in [0.717, 1.165) is 0 Å². The minimum absolute atomic E-state index is 0. The molecule has 0 rings (SSSR count). The molecule has 48 valence electrons. The number of hydrogen-bond acceptors (Lipinski definition) is 4. The van der Waals surface area contributed by atoms with E-state index in [1.54, 1.807) is 0 Å². The average Bonchev–Trinajstić information content (AvgIpc) is 1.39. The van der Waals surface area contributed by atoms with Crippen LogP contribution in [0.3, 0.4) is 0 Å². The summed E-state index contributed by atoms with van der Waals surface area (Å²) >= 11 is -3.50. The molecule has 0 bridgehead atoms. The molecule has 4 N–H and O–H groups in total. The first-order chi connectivity index (χ1) is 2.83. The van der Waals surface area contributed by atoms with E-state index < -0.39 is 31.0 Å². The quantitative estimate of drug-likeness (QED) is 0.354. The van der Waals surface area contributed by atoms with Crippen molar-refractivity contribution in [2.75, 3.05) is 0 Å². The van der Waals surface area contributed by atoms with Crippen molar-refractivity contribution in [2.24, 2.45) is 0 Å². The van der Waals surface area contributed by atoms with Crippen molar-refractivity contribution >= 4 is 68.7 Å². The summed E-state index contributed by atoms with van der Waals surface area (Å²) in [6.07, 6.45) is 0. The molecule has 0 unspecified atom stereocenters. The Bertz CT molecular complexity index is 32.0. The van der Waals surface area contributed by atoms with Gasteiger partial charge in [0, 0.05) is 0 Å².